The molecule has 0 amide bonds. The molecule has 4 nitrogen and oxygen atoms in total. The number of rotatable bonds is 5. The predicted molar refractivity (Wildman–Crippen MR) is 111 cm³/mol. The van der Waals surface area contributed by atoms with E-state index in [1.165, 1.54) is 16.9 Å². The maximum Gasteiger partial charge on any atom is 0.262 e. The predicted octanol–water partition coefficient (Wildman–Crippen LogP) is 4.82. The van der Waals surface area contributed by atoms with Gasteiger partial charge in [0.2, 0.25) is 0 Å². The second-order valence-corrected chi connectivity index (χ2v) is 7.41. The maximum atomic E-state index is 13.1. The third-order valence-electron chi connectivity index (χ3n) is 4.58. The van der Waals surface area contributed by atoms with Crippen LogP contribution in [-0.4, -0.2) is 16.2 Å². The van der Waals surface area contributed by atoms with Gasteiger partial charge in [0.05, 0.1) is 18.3 Å². The van der Waals surface area contributed by atoms with Crippen LogP contribution in [0, 0.1) is 13.8 Å². The van der Waals surface area contributed by atoms with Crippen LogP contribution in [0.25, 0.3) is 21.3 Å². The Hall–Kier alpha value is -2.92. The van der Waals surface area contributed by atoms with Crippen molar-refractivity contribution in [3.05, 3.63) is 81.7 Å². The van der Waals surface area contributed by atoms with E-state index in [0.717, 1.165) is 27.3 Å². The van der Waals surface area contributed by atoms with Crippen LogP contribution < -0.4 is 10.3 Å². The minimum Gasteiger partial charge on any atom is -0.492 e. The van der Waals surface area contributed by atoms with Crippen LogP contribution in [-0.2, 0) is 6.54 Å². The van der Waals surface area contributed by atoms with Crippen LogP contribution in [0.5, 0.6) is 5.75 Å². The summed E-state index contributed by atoms with van der Waals surface area (Å²) in [4.78, 5) is 18.3. The third kappa shape index (κ3) is 3.51. The first-order valence-corrected chi connectivity index (χ1v) is 9.73. The smallest absolute Gasteiger partial charge is 0.262 e. The van der Waals surface area contributed by atoms with Gasteiger partial charge in [-0.3, -0.25) is 9.36 Å². The van der Waals surface area contributed by atoms with Crippen LogP contribution in [0.2, 0.25) is 0 Å². The summed E-state index contributed by atoms with van der Waals surface area (Å²) in [6.07, 6.45) is 1.61. The van der Waals surface area contributed by atoms with Crippen molar-refractivity contribution in [3.63, 3.8) is 0 Å². The van der Waals surface area contributed by atoms with E-state index >= 15 is 0 Å². The van der Waals surface area contributed by atoms with Crippen LogP contribution in [0.1, 0.15) is 11.1 Å². The van der Waals surface area contributed by atoms with Crippen molar-refractivity contribution in [2.24, 2.45) is 0 Å². The van der Waals surface area contributed by atoms with Crippen molar-refractivity contribution in [1.29, 1.82) is 0 Å². The van der Waals surface area contributed by atoms with Crippen molar-refractivity contribution in [3.8, 4) is 16.9 Å². The molecule has 5 heteroatoms. The molecule has 0 saturated heterocycles. The van der Waals surface area contributed by atoms with Crippen molar-refractivity contribution in [2.45, 2.75) is 20.4 Å². The van der Waals surface area contributed by atoms with Crippen molar-refractivity contribution in [2.75, 3.05) is 6.61 Å². The number of para-hydroxylation sites is 1. The summed E-state index contributed by atoms with van der Waals surface area (Å²) in [5, 5.41) is 2.72. The average Bonchev–Trinajstić information content (AvgIpc) is 3.09. The van der Waals surface area contributed by atoms with E-state index in [9.17, 15) is 4.79 Å². The van der Waals surface area contributed by atoms with Gasteiger partial charge in [-0.05, 0) is 37.1 Å². The topological polar surface area (TPSA) is 44.1 Å². The summed E-state index contributed by atoms with van der Waals surface area (Å²) in [5.74, 6) is 0.797. The molecule has 0 aliphatic carbocycles. The first-order chi connectivity index (χ1) is 13.1. The van der Waals surface area contributed by atoms with E-state index < -0.39 is 0 Å². The second kappa shape index (κ2) is 7.37. The lowest BCUT2D eigenvalue weighted by Crippen LogP contribution is -2.23. The third-order valence-corrected chi connectivity index (χ3v) is 5.46. The summed E-state index contributed by atoms with van der Waals surface area (Å²) in [6, 6.07) is 15.9. The lowest BCUT2D eigenvalue weighted by atomic mass is 9.99. The lowest BCUT2D eigenvalue weighted by molar-refractivity contribution is 0.296. The zero-order chi connectivity index (χ0) is 18.8. The quantitative estimate of drug-likeness (QED) is 0.501. The Morgan fingerprint density at radius 1 is 1.07 bits per heavy atom. The molecule has 0 N–H and O–H groups in total. The zero-order valence-corrected chi connectivity index (χ0v) is 16.1. The highest BCUT2D eigenvalue weighted by atomic mass is 32.1. The molecular weight excluding hydrogens is 356 g/mol. The van der Waals surface area contributed by atoms with Gasteiger partial charge in [-0.2, -0.15) is 0 Å². The first kappa shape index (κ1) is 17.5. The van der Waals surface area contributed by atoms with Crippen molar-refractivity contribution < 1.29 is 4.74 Å². The van der Waals surface area contributed by atoms with Gasteiger partial charge >= 0.3 is 0 Å². The van der Waals surface area contributed by atoms with Crippen LogP contribution in [0.4, 0.5) is 0 Å². The summed E-state index contributed by atoms with van der Waals surface area (Å²) in [6.45, 7) is 5.02. The molecule has 0 unspecified atom stereocenters. The second-order valence-electron chi connectivity index (χ2n) is 6.55. The molecule has 0 spiro atoms. The minimum atomic E-state index is -0.0205. The molecule has 0 aliphatic rings. The molecule has 2 heterocycles. The average molecular weight is 376 g/mol. The summed E-state index contributed by atoms with van der Waals surface area (Å²) >= 11 is 1.51. The molecular formula is C22H20N2O2S. The fourth-order valence-corrected chi connectivity index (χ4v) is 4.12. The Balaban J connectivity index is 1.66. The van der Waals surface area contributed by atoms with Gasteiger partial charge in [-0.15, -0.1) is 11.3 Å². The maximum absolute atomic E-state index is 13.1. The SMILES string of the molecule is Cc1ccc(-c2csc3ncn(CCOc4ccccc4)c(=O)c23)c(C)c1. The highest BCUT2D eigenvalue weighted by molar-refractivity contribution is 7.17. The Morgan fingerprint density at radius 3 is 2.67 bits per heavy atom. The van der Waals surface area contributed by atoms with Gasteiger partial charge in [-0.25, -0.2) is 4.98 Å². The molecule has 4 rings (SSSR count). The number of aryl methyl sites for hydroxylation is 2. The fraction of sp³-hybridized carbons (Fsp3) is 0.182. The summed E-state index contributed by atoms with van der Waals surface area (Å²) < 4.78 is 7.35. The van der Waals surface area contributed by atoms with Gasteiger partial charge in [0, 0.05) is 10.9 Å². The molecule has 0 atom stereocenters. The Morgan fingerprint density at radius 2 is 1.89 bits per heavy atom. The van der Waals surface area contributed by atoms with Gasteiger partial charge < -0.3 is 4.74 Å². The number of thiophene rings is 1. The molecule has 0 bridgehead atoms. The van der Waals surface area contributed by atoms with Crippen LogP contribution in [0.15, 0.2) is 65.0 Å². The van der Waals surface area contributed by atoms with Crippen molar-refractivity contribution in [1.82, 2.24) is 9.55 Å². The Labute approximate surface area is 161 Å². The number of aromatic nitrogens is 2. The number of hydrogen-bond acceptors (Lipinski definition) is 4. The number of hydrogen-bond donors (Lipinski definition) is 0. The Kier molecular flexibility index (Phi) is 4.77. The van der Waals surface area contributed by atoms with E-state index in [1.807, 2.05) is 35.7 Å². The van der Waals surface area contributed by atoms with Crippen LogP contribution in [0.3, 0.4) is 0 Å². The van der Waals surface area contributed by atoms with E-state index in [1.54, 1.807) is 10.9 Å². The molecule has 0 fully saturated rings. The van der Waals surface area contributed by atoms with Crippen LogP contribution >= 0.6 is 11.3 Å². The van der Waals surface area contributed by atoms with E-state index in [0.29, 0.717) is 18.5 Å². The van der Waals surface area contributed by atoms with E-state index in [4.69, 9.17) is 4.74 Å². The molecule has 0 saturated carbocycles. The lowest BCUT2D eigenvalue weighted by Gasteiger charge is -2.09. The molecule has 0 aliphatic heterocycles. The number of fused-ring (bicyclic) bond motifs is 1. The number of nitrogens with zero attached hydrogens (tertiary/aromatic N) is 2. The number of benzene rings is 2. The minimum absolute atomic E-state index is 0.0205. The molecule has 2 aromatic carbocycles. The standard InChI is InChI=1S/C22H20N2O2S/c1-15-8-9-18(16(2)12-15)19-13-27-21-20(19)22(25)24(14-23-21)10-11-26-17-6-4-3-5-7-17/h3-9,12-14H,10-11H2,1-2H3. The van der Waals surface area contributed by atoms with Crippen molar-refractivity contribution >= 4 is 21.6 Å². The summed E-state index contributed by atoms with van der Waals surface area (Å²) in [7, 11) is 0. The zero-order valence-electron chi connectivity index (χ0n) is 15.3. The van der Waals surface area contributed by atoms with Gasteiger partial charge in [0.1, 0.15) is 17.2 Å². The van der Waals surface area contributed by atoms with Gasteiger partial charge in [-0.1, -0.05) is 42.0 Å². The monoisotopic (exact) mass is 376 g/mol. The molecule has 27 heavy (non-hydrogen) atoms. The fourth-order valence-electron chi connectivity index (χ4n) is 3.22. The van der Waals surface area contributed by atoms with E-state index in [-0.39, 0.29) is 5.56 Å². The van der Waals surface area contributed by atoms with Gasteiger partial charge in [0.15, 0.2) is 0 Å². The normalized spacial score (nSPS) is 11.0. The largest absolute Gasteiger partial charge is 0.492 e. The molecule has 136 valence electrons. The van der Waals surface area contributed by atoms with Gasteiger partial charge in [0.25, 0.3) is 5.56 Å². The highest BCUT2D eigenvalue weighted by Gasteiger charge is 2.14. The Bertz CT molecular complexity index is 1150. The number of ether oxygens (including phenoxy) is 1. The molecule has 0 radical (unpaired) electrons. The first-order valence-electron chi connectivity index (χ1n) is 8.85. The summed E-state index contributed by atoms with van der Waals surface area (Å²) in [5.41, 5.74) is 4.40. The van der Waals surface area contributed by atoms with E-state index in [2.05, 4.69) is 37.0 Å². The molecule has 4 aromatic rings. The highest BCUT2D eigenvalue weighted by Crippen LogP contribution is 2.32. The molecule has 2 aromatic heterocycles.